The minimum absolute atomic E-state index is 0.0907. The molecule has 0 aliphatic heterocycles. The predicted octanol–water partition coefficient (Wildman–Crippen LogP) is 4.30. The van der Waals surface area contributed by atoms with Crippen molar-refractivity contribution in [2.45, 2.75) is 33.1 Å². The zero-order chi connectivity index (χ0) is 15.9. The van der Waals surface area contributed by atoms with E-state index in [1.165, 1.54) is 0 Å². The smallest absolute Gasteiger partial charge is 0.252 e. The highest BCUT2D eigenvalue weighted by Crippen LogP contribution is 2.16. The van der Waals surface area contributed by atoms with Gasteiger partial charge in [-0.05, 0) is 53.0 Å². The molecule has 22 heavy (non-hydrogen) atoms. The summed E-state index contributed by atoms with van der Waals surface area (Å²) in [5, 5.41) is 2.96. The molecule has 0 saturated carbocycles. The van der Waals surface area contributed by atoms with Crippen LogP contribution < -0.4 is 5.32 Å². The number of hydrogen-bond acceptors (Lipinski definition) is 2. The van der Waals surface area contributed by atoms with E-state index >= 15 is 0 Å². The minimum Gasteiger partial charge on any atom is -0.374 e. The summed E-state index contributed by atoms with van der Waals surface area (Å²) in [5.74, 6) is -0.0907. The summed E-state index contributed by atoms with van der Waals surface area (Å²) >= 11 is 3.40. The van der Waals surface area contributed by atoms with Crippen LogP contribution in [-0.4, -0.2) is 12.0 Å². The zero-order valence-corrected chi connectivity index (χ0v) is 14.4. The largest absolute Gasteiger partial charge is 0.374 e. The van der Waals surface area contributed by atoms with E-state index in [0.717, 1.165) is 15.6 Å². The van der Waals surface area contributed by atoms with Gasteiger partial charge in [0.25, 0.3) is 5.91 Å². The third-order valence-electron chi connectivity index (χ3n) is 3.25. The average Bonchev–Trinajstić information content (AvgIpc) is 2.51. The van der Waals surface area contributed by atoms with Gasteiger partial charge in [0, 0.05) is 11.0 Å². The first-order valence-corrected chi connectivity index (χ1v) is 8.08. The van der Waals surface area contributed by atoms with E-state index < -0.39 is 0 Å². The van der Waals surface area contributed by atoms with Crippen molar-refractivity contribution in [2.24, 2.45) is 0 Å². The topological polar surface area (TPSA) is 38.3 Å². The number of benzene rings is 2. The van der Waals surface area contributed by atoms with E-state index in [2.05, 4.69) is 21.2 Å². The van der Waals surface area contributed by atoms with Crippen molar-refractivity contribution >= 4 is 21.8 Å². The molecule has 3 nitrogen and oxygen atoms in total. The third-order valence-corrected chi connectivity index (χ3v) is 3.94. The van der Waals surface area contributed by atoms with Gasteiger partial charge in [-0.25, -0.2) is 0 Å². The molecule has 0 aromatic heterocycles. The monoisotopic (exact) mass is 361 g/mol. The van der Waals surface area contributed by atoms with Crippen molar-refractivity contribution in [1.29, 1.82) is 0 Å². The molecule has 0 radical (unpaired) electrons. The van der Waals surface area contributed by atoms with Crippen molar-refractivity contribution in [3.8, 4) is 0 Å². The molecule has 4 heteroatoms. The molecule has 0 atom stereocenters. The molecule has 116 valence electrons. The first kappa shape index (κ1) is 16.7. The number of carbonyl (C=O) groups is 1. The van der Waals surface area contributed by atoms with Gasteiger partial charge in [-0.15, -0.1) is 0 Å². The second-order valence-corrected chi connectivity index (χ2v) is 6.15. The number of ether oxygens (including phenoxy) is 1. The predicted molar refractivity (Wildman–Crippen MR) is 91.7 cm³/mol. The molecule has 2 aromatic rings. The highest BCUT2D eigenvalue weighted by molar-refractivity contribution is 9.10. The molecule has 0 fully saturated rings. The quantitative estimate of drug-likeness (QED) is 0.832. The Kier molecular flexibility index (Phi) is 6.16. The van der Waals surface area contributed by atoms with Gasteiger partial charge >= 0.3 is 0 Å². The van der Waals surface area contributed by atoms with Crippen molar-refractivity contribution in [3.63, 3.8) is 0 Å². The SMILES string of the molecule is CC(C)OCc1ccccc1CNC(=O)c1ccccc1Br. The van der Waals surface area contributed by atoms with Crippen molar-refractivity contribution in [1.82, 2.24) is 5.32 Å². The molecular formula is C18H20BrNO2. The van der Waals surface area contributed by atoms with Gasteiger partial charge in [0.1, 0.15) is 0 Å². The normalized spacial score (nSPS) is 10.7. The van der Waals surface area contributed by atoms with E-state index in [1.54, 1.807) is 6.07 Å². The Balaban J connectivity index is 2.02. The Morgan fingerprint density at radius 3 is 2.41 bits per heavy atom. The van der Waals surface area contributed by atoms with E-state index in [0.29, 0.717) is 18.7 Å². The van der Waals surface area contributed by atoms with Gasteiger partial charge in [0.2, 0.25) is 0 Å². The van der Waals surface area contributed by atoms with Gasteiger partial charge < -0.3 is 10.1 Å². The van der Waals surface area contributed by atoms with Crippen LogP contribution in [0.1, 0.15) is 35.3 Å². The van der Waals surface area contributed by atoms with Crippen molar-refractivity contribution < 1.29 is 9.53 Å². The van der Waals surface area contributed by atoms with Crippen LogP contribution in [-0.2, 0) is 17.9 Å². The number of amides is 1. The van der Waals surface area contributed by atoms with Crippen LogP contribution in [0.3, 0.4) is 0 Å². The fourth-order valence-electron chi connectivity index (χ4n) is 2.04. The summed E-state index contributed by atoms with van der Waals surface area (Å²) in [6.45, 7) is 5.06. The van der Waals surface area contributed by atoms with E-state index in [9.17, 15) is 4.79 Å². The van der Waals surface area contributed by atoms with Crippen LogP contribution in [0.2, 0.25) is 0 Å². The average molecular weight is 362 g/mol. The van der Waals surface area contributed by atoms with Crippen molar-refractivity contribution in [2.75, 3.05) is 0 Å². The van der Waals surface area contributed by atoms with Gasteiger partial charge in [-0.2, -0.15) is 0 Å². The summed E-state index contributed by atoms with van der Waals surface area (Å²) in [6, 6.07) is 15.4. The van der Waals surface area contributed by atoms with Crippen LogP contribution in [0.25, 0.3) is 0 Å². The first-order valence-electron chi connectivity index (χ1n) is 7.29. The molecule has 0 unspecified atom stereocenters. The molecule has 0 bridgehead atoms. The van der Waals surface area contributed by atoms with Gasteiger partial charge in [-0.3, -0.25) is 4.79 Å². The third kappa shape index (κ3) is 4.68. The second kappa shape index (κ2) is 8.11. The maximum absolute atomic E-state index is 12.2. The summed E-state index contributed by atoms with van der Waals surface area (Å²) in [4.78, 5) is 12.2. The first-order chi connectivity index (χ1) is 10.6. The number of rotatable bonds is 6. The van der Waals surface area contributed by atoms with Crippen LogP contribution in [0.5, 0.6) is 0 Å². The maximum Gasteiger partial charge on any atom is 0.252 e. The summed E-state index contributed by atoms with van der Waals surface area (Å²) in [7, 11) is 0. The molecule has 0 spiro atoms. The van der Waals surface area contributed by atoms with Crippen LogP contribution in [0.15, 0.2) is 53.0 Å². The fraction of sp³-hybridized carbons (Fsp3) is 0.278. The highest BCUT2D eigenvalue weighted by Gasteiger charge is 2.10. The van der Waals surface area contributed by atoms with Gasteiger partial charge in [0.15, 0.2) is 0 Å². The van der Waals surface area contributed by atoms with Gasteiger partial charge in [0.05, 0.1) is 18.3 Å². The molecular weight excluding hydrogens is 342 g/mol. The standard InChI is InChI=1S/C18H20BrNO2/c1-13(2)22-12-15-8-4-3-7-14(15)11-20-18(21)16-9-5-6-10-17(16)19/h3-10,13H,11-12H2,1-2H3,(H,20,21). The molecule has 2 rings (SSSR count). The lowest BCUT2D eigenvalue weighted by molar-refractivity contribution is 0.0651. The number of halogens is 1. The molecule has 2 aromatic carbocycles. The molecule has 1 amide bonds. The Labute approximate surface area is 139 Å². The molecule has 1 N–H and O–H groups in total. The Morgan fingerprint density at radius 2 is 1.73 bits per heavy atom. The van der Waals surface area contributed by atoms with Gasteiger partial charge in [-0.1, -0.05) is 36.4 Å². The lowest BCUT2D eigenvalue weighted by atomic mass is 10.1. The minimum atomic E-state index is -0.0907. The van der Waals surface area contributed by atoms with Crippen molar-refractivity contribution in [3.05, 3.63) is 69.7 Å². The second-order valence-electron chi connectivity index (χ2n) is 5.29. The number of carbonyl (C=O) groups excluding carboxylic acids is 1. The zero-order valence-electron chi connectivity index (χ0n) is 12.8. The Bertz CT molecular complexity index is 640. The molecule has 0 aliphatic carbocycles. The van der Waals surface area contributed by atoms with Crippen LogP contribution >= 0.6 is 15.9 Å². The molecule has 0 saturated heterocycles. The summed E-state index contributed by atoms with van der Waals surface area (Å²) in [5.41, 5.74) is 2.81. The van der Waals surface area contributed by atoms with Crippen LogP contribution in [0.4, 0.5) is 0 Å². The van der Waals surface area contributed by atoms with E-state index in [-0.39, 0.29) is 12.0 Å². The molecule has 0 aliphatic rings. The summed E-state index contributed by atoms with van der Waals surface area (Å²) in [6.07, 6.45) is 0.183. The van der Waals surface area contributed by atoms with Crippen LogP contribution in [0, 0.1) is 0 Å². The maximum atomic E-state index is 12.2. The summed E-state index contributed by atoms with van der Waals surface area (Å²) < 4.78 is 6.45. The van der Waals surface area contributed by atoms with E-state index in [1.807, 2.05) is 56.3 Å². The lowest BCUT2D eigenvalue weighted by Gasteiger charge is -2.13. The molecule has 0 heterocycles. The Hall–Kier alpha value is -1.65. The lowest BCUT2D eigenvalue weighted by Crippen LogP contribution is -2.24. The van der Waals surface area contributed by atoms with E-state index in [4.69, 9.17) is 4.74 Å². The number of hydrogen-bond donors (Lipinski definition) is 1. The Morgan fingerprint density at radius 1 is 1.09 bits per heavy atom. The highest BCUT2D eigenvalue weighted by atomic mass is 79.9. The number of nitrogens with one attached hydrogen (secondary N) is 1. The fourth-order valence-corrected chi connectivity index (χ4v) is 2.51.